The molecule has 1 heterocycles. The van der Waals surface area contributed by atoms with Gasteiger partial charge in [-0.15, -0.1) is 11.3 Å². The molecule has 0 saturated carbocycles. The lowest BCUT2D eigenvalue weighted by Crippen LogP contribution is -2.00. The lowest BCUT2D eigenvalue weighted by Gasteiger charge is -1.99. The molecule has 4 heteroatoms. The number of aromatic nitrogens is 1. The van der Waals surface area contributed by atoms with Crippen LogP contribution in [-0.4, -0.2) is 21.8 Å². The average Bonchev–Trinajstić information content (AvgIpc) is 2.37. The van der Waals surface area contributed by atoms with Crippen LogP contribution >= 0.6 is 11.3 Å². The van der Waals surface area contributed by atoms with Crippen molar-refractivity contribution < 1.29 is 10.2 Å². The van der Waals surface area contributed by atoms with E-state index in [4.69, 9.17) is 10.2 Å². The molecule has 0 aromatic carbocycles. The summed E-state index contributed by atoms with van der Waals surface area (Å²) < 4.78 is 0. The third-order valence-corrected chi connectivity index (χ3v) is 1.79. The van der Waals surface area contributed by atoms with Crippen molar-refractivity contribution in [2.75, 3.05) is 6.61 Å². The fourth-order valence-electron chi connectivity index (χ4n) is 0.477. The summed E-state index contributed by atoms with van der Waals surface area (Å²) in [7, 11) is 0. The summed E-state index contributed by atoms with van der Waals surface area (Å²) in [5.74, 6) is 0. The number of hydrogen-bond donors (Lipinski definition) is 2. The number of nitrogens with zero attached hydrogens (tertiary/aromatic N) is 1. The van der Waals surface area contributed by atoms with Gasteiger partial charge in [0.25, 0.3) is 0 Å². The third-order valence-electron chi connectivity index (χ3n) is 0.909. The molecule has 0 aliphatic rings. The highest BCUT2D eigenvalue weighted by molar-refractivity contribution is 7.09. The Morgan fingerprint density at radius 3 is 3.00 bits per heavy atom. The normalized spacial score (nSPS) is 13.6. The van der Waals surface area contributed by atoms with Crippen molar-refractivity contribution in [3.8, 4) is 0 Å². The first kappa shape index (κ1) is 6.67. The van der Waals surface area contributed by atoms with Crippen LogP contribution in [0.1, 0.15) is 11.1 Å². The Hall–Kier alpha value is -0.450. The van der Waals surface area contributed by atoms with Crippen molar-refractivity contribution in [1.29, 1.82) is 0 Å². The number of aliphatic hydroxyl groups is 2. The predicted octanol–water partition coefficient (Wildman–Crippen LogP) is 0.169. The quantitative estimate of drug-likeness (QED) is 0.623. The molecule has 0 fully saturated rings. The van der Waals surface area contributed by atoms with Gasteiger partial charge in [0.2, 0.25) is 0 Å². The molecule has 1 rings (SSSR count). The predicted molar refractivity (Wildman–Crippen MR) is 34.2 cm³/mol. The van der Waals surface area contributed by atoms with E-state index in [1.54, 1.807) is 11.6 Å². The van der Waals surface area contributed by atoms with Crippen molar-refractivity contribution in [2.24, 2.45) is 0 Å². The lowest BCUT2D eigenvalue weighted by atomic mass is 10.4. The van der Waals surface area contributed by atoms with Crippen molar-refractivity contribution >= 4 is 11.3 Å². The van der Waals surface area contributed by atoms with E-state index in [9.17, 15) is 0 Å². The van der Waals surface area contributed by atoms with Crippen molar-refractivity contribution in [3.05, 3.63) is 16.6 Å². The average molecular weight is 145 g/mol. The Kier molecular flexibility index (Phi) is 2.16. The van der Waals surface area contributed by atoms with Gasteiger partial charge in [-0.25, -0.2) is 4.98 Å². The Balaban J connectivity index is 2.65. The molecule has 1 aromatic heterocycles. The number of aliphatic hydroxyl groups excluding tert-OH is 2. The zero-order chi connectivity index (χ0) is 6.69. The molecule has 0 spiro atoms. The minimum Gasteiger partial charge on any atom is -0.393 e. The highest BCUT2D eigenvalue weighted by atomic mass is 32.1. The molecule has 1 unspecified atom stereocenters. The summed E-state index contributed by atoms with van der Waals surface area (Å²) in [5.41, 5.74) is 0. The first-order valence-corrected chi connectivity index (χ1v) is 3.41. The summed E-state index contributed by atoms with van der Waals surface area (Å²) in [6.45, 7) is -0.256. The van der Waals surface area contributed by atoms with Crippen LogP contribution in [0.25, 0.3) is 0 Å². The molecule has 0 amide bonds. The zero-order valence-corrected chi connectivity index (χ0v) is 5.51. The van der Waals surface area contributed by atoms with Crippen LogP contribution in [0.3, 0.4) is 0 Å². The summed E-state index contributed by atoms with van der Waals surface area (Å²) in [6, 6.07) is 0. The molecule has 0 aliphatic heterocycles. The van der Waals surface area contributed by atoms with E-state index >= 15 is 0 Å². The number of hydrogen-bond acceptors (Lipinski definition) is 4. The van der Waals surface area contributed by atoms with Gasteiger partial charge in [0.05, 0.1) is 6.61 Å². The minimum atomic E-state index is -0.801. The molecule has 1 atom stereocenters. The first-order chi connectivity index (χ1) is 4.34. The fraction of sp³-hybridized carbons (Fsp3) is 0.400. The van der Waals surface area contributed by atoms with Gasteiger partial charge in [0.1, 0.15) is 11.1 Å². The molecular weight excluding hydrogens is 138 g/mol. The molecule has 1 aromatic rings. The van der Waals surface area contributed by atoms with Crippen LogP contribution < -0.4 is 0 Å². The van der Waals surface area contributed by atoms with E-state index < -0.39 is 6.10 Å². The molecule has 0 bridgehead atoms. The minimum absolute atomic E-state index is 0.256. The van der Waals surface area contributed by atoms with Gasteiger partial charge in [-0.2, -0.15) is 0 Å². The topological polar surface area (TPSA) is 53.4 Å². The molecular formula is C5H7NO2S. The second-order valence-corrected chi connectivity index (χ2v) is 2.49. The lowest BCUT2D eigenvalue weighted by molar-refractivity contribution is 0.0954. The molecule has 9 heavy (non-hydrogen) atoms. The van der Waals surface area contributed by atoms with E-state index in [1.807, 2.05) is 0 Å². The van der Waals surface area contributed by atoms with Crippen LogP contribution in [0.2, 0.25) is 0 Å². The summed E-state index contributed by atoms with van der Waals surface area (Å²) >= 11 is 1.33. The van der Waals surface area contributed by atoms with Crippen LogP contribution in [0.15, 0.2) is 11.6 Å². The Morgan fingerprint density at radius 1 is 1.78 bits per heavy atom. The van der Waals surface area contributed by atoms with Crippen LogP contribution in [0.5, 0.6) is 0 Å². The van der Waals surface area contributed by atoms with Gasteiger partial charge >= 0.3 is 0 Å². The monoisotopic (exact) mass is 145 g/mol. The second-order valence-electron chi connectivity index (χ2n) is 1.57. The molecule has 0 aliphatic carbocycles. The van der Waals surface area contributed by atoms with Gasteiger partial charge in [-0.3, -0.25) is 0 Å². The third kappa shape index (κ3) is 1.48. The van der Waals surface area contributed by atoms with Crippen LogP contribution in [0.4, 0.5) is 0 Å². The maximum atomic E-state index is 8.92. The van der Waals surface area contributed by atoms with Gasteiger partial charge in [0.15, 0.2) is 0 Å². The fourth-order valence-corrected chi connectivity index (χ4v) is 1.09. The summed E-state index contributed by atoms with van der Waals surface area (Å²) in [6.07, 6.45) is 0.795. The SMILES string of the molecule is OCC(O)c1nccs1. The van der Waals surface area contributed by atoms with Gasteiger partial charge < -0.3 is 10.2 Å². The first-order valence-electron chi connectivity index (χ1n) is 2.53. The van der Waals surface area contributed by atoms with E-state index in [0.717, 1.165) is 0 Å². The maximum Gasteiger partial charge on any atom is 0.128 e. The molecule has 2 N–H and O–H groups in total. The number of thiazole rings is 1. The van der Waals surface area contributed by atoms with Crippen molar-refractivity contribution in [3.63, 3.8) is 0 Å². The summed E-state index contributed by atoms with van der Waals surface area (Å²) in [4.78, 5) is 3.80. The van der Waals surface area contributed by atoms with Crippen LogP contribution in [-0.2, 0) is 0 Å². The van der Waals surface area contributed by atoms with E-state index in [2.05, 4.69) is 4.98 Å². The van der Waals surface area contributed by atoms with E-state index in [1.165, 1.54) is 11.3 Å². The van der Waals surface area contributed by atoms with E-state index in [0.29, 0.717) is 5.01 Å². The number of rotatable bonds is 2. The smallest absolute Gasteiger partial charge is 0.128 e. The largest absolute Gasteiger partial charge is 0.393 e. The Labute approximate surface area is 56.6 Å². The molecule has 3 nitrogen and oxygen atoms in total. The Bertz CT molecular complexity index is 163. The highest BCUT2D eigenvalue weighted by Crippen LogP contribution is 2.13. The Morgan fingerprint density at radius 2 is 2.56 bits per heavy atom. The second kappa shape index (κ2) is 2.91. The molecule has 0 saturated heterocycles. The molecule has 0 radical (unpaired) electrons. The zero-order valence-electron chi connectivity index (χ0n) is 4.69. The van der Waals surface area contributed by atoms with Gasteiger partial charge in [-0.1, -0.05) is 0 Å². The van der Waals surface area contributed by atoms with Gasteiger partial charge in [0, 0.05) is 11.6 Å². The van der Waals surface area contributed by atoms with E-state index in [-0.39, 0.29) is 6.61 Å². The van der Waals surface area contributed by atoms with Crippen molar-refractivity contribution in [2.45, 2.75) is 6.10 Å². The van der Waals surface area contributed by atoms with Crippen LogP contribution in [0, 0.1) is 0 Å². The highest BCUT2D eigenvalue weighted by Gasteiger charge is 2.06. The van der Waals surface area contributed by atoms with Crippen molar-refractivity contribution in [1.82, 2.24) is 4.98 Å². The standard InChI is InChI=1S/C5H7NO2S/c7-3-4(8)5-6-1-2-9-5/h1-2,4,7-8H,3H2. The summed E-state index contributed by atoms with van der Waals surface area (Å²) in [5, 5.41) is 19.7. The van der Waals surface area contributed by atoms with Gasteiger partial charge in [-0.05, 0) is 0 Å². The molecule has 50 valence electrons. The maximum absolute atomic E-state index is 8.92.